The van der Waals surface area contributed by atoms with Gasteiger partial charge < -0.3 is 15.2 Å². The van der Waals surface area contributed by atoms with Gasteiger partial charge in [0, 0.05) is 5.02 Å². The Balaban J connectivity index is 2.63. The molecule has 1 amide bonds. The van der Waals surface area contributed by atoms with Gasteiger partial charge in [0.05, 0.1) is 12.6 Å². The van der Waals surface area contributed by atoms with Crippen molar-refractivity contribution in [3.05, 3.63) is 28.8 Å². The Labute approximate surface area is 118 Å². The Morgan fingerprint density at radius 3 is 2.74 bits per heavy atom. The molecular weight excluding hydrogens is 266 g/mol. The number of ether oxygens (including phenoxy) is 1. The molecule has 4 nitrogen and oxygen atoms in total. The summed E-state index contributed by atoms with van der Waals surface area (Å²) < 4.78 is 5.60. The van der Waals surface area contributed by atoms with Gasteiger partial charge in [0.1, 0.15) is 5.75 Å². The molecule has 0 bridgehead atoms. The van der Waals surface area contributed by atoms with Crippen LogP contribution in [0.1, 0.15) is 25.8 Å². The number of aliphatic hydroxyl groups excluding tert-OH is 1. The highest BCUT2D eigenvalue weighted by Gasteiger charge is 2.18. The SMILES string of the molecule is CC[C@@H](CO)NC(=O)C(C)Oc1ccc(Cl)cc1C. The third-order valence-electron chi connectivity index (χ3n) is 2.87. The van der Waals surface area contributed by atoms with E-state index in [0.29, 0.717) is 17.2 Å². The lowest BCUT2D eigenvalue weighted by Crippen LogP contribution is -2.43. The molecule has 5 heteroatoms. The van der Waals surface area contributed by atoms with E-state index in [4.69, 9.17) is 21.4 Å². The molecule has 1 aromatic carbocycles. The first kappa shape index (κ1) is 15.8. The molecule has 19 heavy (non-hydrogen) atoms. The van der Waals surface area contributed by atoms with E-state index in [1.54, 1.807) is 25.1 Å². The van der Waals surface area contributed by atoms with E-state index in [1.807, 2.05) is 13.8 Å². The fraction of sp³-hybridized carbons (Fsp3) is 0.500. The maximum Gasteiger partial charge on any atom is 0.261 e. The molecule has 0 aliphatic carbocycles. The van der Waals surface area contributed by atoms with E-state index in [-0.39, 0.29) is 18.6 Å². The van der Waals surface area contributed by atoms with E-state index in [1.165, 1.54) is 0 Å². The van der Waals surface area contributed by atoms with Crippen molar-refractivity contribution in [2.45, 2.75) is 39.3 Å². The van der Waals surface area contributed by atoms with Crippen LogP contribution in [-0.2, 0) is 4.79 Å². The van der Waals surface area contributed by atoms with Gasteiger partial charge in [0.15, 0.2) is 6.10 Å². The maximum absolute atomic E-state index is 11.9. The number of carbonyl (C=O) groups excluding carboxylic acids is 1. The molecule has 0 aliphatic heterocycles. The van der Waals surface area contributed by atoms with Crippen LogP contribution in [0.4, 0.5) is 0 Å². The quantitative estimate of drug-likeness (QED) is 0.843. The van der Waals surface area contributed by atoms with Crippen LogP contribution in [0, 0.1) is 6.92 Å². The summed E-state index contributed by atoms with van der Waals surface area (Å²) in [6.07, 6.45) is 0.0510. The van der Waals surface area contributed by atoms with Crippen molar-refractivity contribution < 1.29 is 14.6 Å². The van der Waals surface area contributed by atoms with E-state index in [2.05, 4.69) is 5.32 Å². The second kappa shape index (κ2) is 7.36. The third kappa shape index (κ3) is 4.73. The van der Waals surface area contributed by atoms with Gasteiger partial charge in [-0.15, -0.1) is 0 Å². The minimum Gasteiger partial charge on any atom is -0.481 e. The van der Waals surface area contributed by atoms with Crippen LogP contribution < -0.4 is 10.1 Å². The number of carbonyl (C=O) groups is 1. The predicted octanol–water partition coefficient (Wildman–Crippen LogP) is 2.30. The van der Waals surface area contributed by atoms with Crippen LogP contribution >= 0.6 is 11.6 Å². The molecule has 0 fully saturated rings. The molecule has 106 valence electrons. The molecule has 1 unspecified atom stereocenters. The second-order valence-electron chi connectivity index (χ2n) is 4.47. The molecule has 0 heterocycles. The smallest absolute Gasteiger partial charge is 0.261 e. The van der Waals surface area contributed by atoms with Crippen molar-refractivity contribution in [2.75, 3.05) is 6.61 Å². The zero-order chi connectivity index (χ0) is 14.4. The van der Waals surface area contributed by atoms with Crippen molar-refractivity contribution in [2.24, 2.45) is 0 Å². The van der Waals surface area contributed by atoms with Crippen molar-refractivity contribution in [1.82, 2.24) is 5.32 Å². The molecule has 0 saturated carbocycles. The largest absolute Gasteiger partial charge is 0.481 e. The number of aryl methyl sites for hydroxylation is 1. The number of hydrogen-bond donors (Lipinski definition) is 2. The van der Waals surface area contributed by atoms with Crippen molar-refractivity contribution in [3.63, 3.8) is 0 Å². The topological polar surface area (TPSA) is 58.6 Å². The normalized spacial score (nSPS) is 13.7. The van der Waals surface area contributed by atoms with E-state index in [0.717, 1.165) is 5.56 Å². The standard InChI is InChI=1S/C14H20ClNO3/c1-4-12(8-17)16-14(18)10(3)19-13-6-5-11(15)7-9(13)2/h5-7,10,12,17H,4,8H2,1-3H3,(H,16,18)/t10?,12-/m0/s1. The minimum atomic E-state index is -0.625. The lowest BCUT2D eigenvalue weighted by atomic mass is 10.2. The van der Waals surface area contributed by atoms with Gasteiger partial charge >= 0.3 is 0 Å². The molecular formula is C14H20ClNO3. The molecule has 2 atom stereocenters. The molecule has 2 N–H and O–H groups in total. The van der Waals surface area contributed by atoms with Gasteiger partial charge in [-0.25, -0.2) is 0 Å². The summed E-state index contributed by atoms with van der Waals surface area (Å²) in [5, 5.41) is 12.4. The molecule has 1 aromatic rings. The summed E-state index contributed by atoms with van der Waals surface area (Å²) in [6.45, 7) is 5.37. The number of aliphatic hydroxyl groups is 1. The lowest BCUT2D eigenvalue weighted by molar-refractivity contribution is -0.128. The summed E-state index contributed by atoms with van der Waals surface area (Å²) in [5.74, 6) is 0.388. The monoisotopic (exact) mass is 285 g/mol. The molecule has 0 radical (unpaired) electrons. The van der Waals surface area contributed by atoms with Crippen LogP contribution in [0.3, 0.4) is 0 Å². The number of halogens is 1. The van der Waals surface area contributed by atoms with Gasteiger partial charge in [-0.1, -0.05) is 18.5 Å². The Kier molecular flexibility index (Phi) is 6.12. The first-order valence-corrected chi connectivity index (χ1v) is 6.69. The zero-order valence-electron chi connectivity index (χ0n) is 11.4. The highest BCUT2D eigenvalue weighted by atomic mass is 35.5. The molecule has 0 aromatic heterocycles. The van der Waals surface area contributed by atoms with E-state index >= 15 is 0 Å². The number of amides is 1. The van der Waals surface area contributed by atoms with E-state index in [9.17, 15) is 4.79 Å². The van der Waals surface area contributed by atoms with Crippen LogP contribution in [0.25, 0.3) is 0 Å². The summed E-state index contributed by atoms with van der Waals surface area (Å²) >= 11 is 5.86. The minimum absolute atomic E-state index is 0.0745. The van der Waals surface area contributed by atoms with Crippen molar-refractivity contribution >= 4 is 17.5 Å². The number of hydrogen-bond acceptors (Lipinski definition) is 3. The number of rotatable bonds is 6. The molecule has 1 rings (SSSR count). The van der Waals surface area contributed by atoms with E-state index < -0.39 is 6.10 Å². The second-order valence-corrected chi connectivity index (χ2v) is 4.90. The van der Waals surface area contributed by atoms with Gasteiger partial charge in [-0.3, -0.25) is 4.79 Å². The number of nitrogens with one attached hydrogen (secondary N) is 1. The first-order chi connectivity index (χ1) is 8.97. The fourth-order valence-electron chi connectivity index (χ4n) is 1.58. The van der Waals surface area contributed by atoms with Gasteiger partial charge in [0.2, 0.25) is 0 Å². The molecule has 0 spiro atoms. The van der Waals surface area contributed by atoms with Gasteiger partial charge in [-0.2, -0.15) is 0 Å². The average molecular weight is 286 g/mol. The average Bonchev–Trinajstić information content (AvgIpc) is 2.38. The number of benzene rings is 1. The van der Waals surface area contributed by atoms with Gasteiger partial charge in [0.25, 0.3) is 5.91 Å². The van der Waals surface area contributed by atoms with Gasteiger partial charge in [-0.05, 0) is 44.0 Å². The van der Waals surface area contributed by atoms with Crippen molar-refractivity contribution in [3.8, 4) is 5.75 Å². The van der Waals surface area contributed by atoms with Crippen LogP contribution in [-0.4, -0.2) is 29.8 Å². The van der Waals surface area contributed by atoms with Crippen molar-refractivity contribution in [1.29, 1.82) is 0 Å². The highest BCUT2D eigenvalue weighted by molar-refractivity contribution is 6.30. The molecule has 0 saturated heterocycles. The Morgan fingerprint density at radius 1 is 1.53 bits per heavy atom. The summed E-state index contributed by atoms with van der Waals surface area (Å²) in [7, 11) is 0. The zero-order valence-corrected chi connectivity index (χ0v) is 12.2. The third-order valence-corrected chi connectivity index (χ3v) is 3.10. The molecule has 0 aliphatic rings. The first-order valence-electron chi connectivity index (χ1n) is 6.32. The van der Waals surface area contributed by atoms with Crippen LogP contribution in [0.2, 0.25) is 5.02 Å². The van der Waals surface area contributed by atoms with Crippen LogP contribution in [0.15, 0.2) is 18.2 Å². The summed E-state index contributed by atoms with van der Waals surface area (Å²) in [6, 6.07) is 5.01. The summed E-state index contributed by atoms with van der Waals surface area (Å²) in [5.41, 5.74) is 0.876. The maximum atomic E-state index is 11.9. The highest BCUT2D eigenvalue weighted by Crippen LogP contribution is 2.22. The Bertz CT molecular complexity index is 433. The predicted molar refractivity (Wildman–Crippen MR) is 75.6 cm³/mol. The Hall–Kier alpha value is -1.26. The lowest BCUT2D eigenvalue weighted by Gasteiger charge is -2.19. The fourth-order valence-corrected chi connectivity index (χ4v) is 1.81. The summed E-state index contributed by atoms with van der Waals surface area (Å²) in [4.78, 5) is 11.9. The van der Waals surface area contributed by atoms with Crippen LogP contribution in [0.5, 0.6) is 5.75 Å². The Morgan fingerprint density at radius 2 is 2.21 bits per heavy atom.